The van der Waals surface area contributed by atoms with E-state index in [-0.39, 0.29) is 5.91 Å². The van der Waals surface area contributed by atoms with Gasteiger partial charge in [0.15, 0.2) is 0 Å². The number of likely N-dealkylation sites (tertiary alicyclic amines) is 1. The molecule has 0 saturated carbocycles. The number of pyridine rings is 1. The standard InChI is InChI=1S/C19H27N5O/c1-14(2)24-10-8-20-19(24)13-23-9-4-5-18(23)17-7-6-16(12-22-17)11-21-15(3)25/h6-8,10,12,14,18H,4-5,9,11,13H2,1-3H3,(H,21,25). The van der Waals surface area contributed by atoms with E-state index in [1.54, 1.807) is 0 Å². The van der Waals surface area contributed by atoms with E-state index in [9.17, 15) is 4.79 Å². The van der Waals surface area contributed by atoms with Gasteiger partial charge in [-0.1, -0.05) is 6.07 Å². The third-order valence-electron chi connectivity index (χ3n) is 4.74. The Morgan fingerprint density at radius 2 is 2.20 bits per heavy atom. The van der Waals surface area contributed by atoms with Crippen LogP contribution in [0.25, 0.3) is 0 Å². The highest BCUT2D eigenvalue weighted by Crippen LogP contribution is 2.32. The predicted octanol–water partition coefficient (Wildman–Crippen LogP) is 2.83. The second-order valence-electron chi connectivity index (χ2n) is 6.97. The molecule has 6 nitrogen and oxygen atoms in total. The fraction of sp³-hybridized carbons (Fsp3) is 0.526. The zero-order valence-electron chi connectivity index (χ0n) is 15.3. The number of amides is 1. The summed E-state index contributed by atoms with van der Waals surface area (Å²) in [5, 5.41) is 2.81. The quantitative estimate of drug-likeness (QED) is 0.877. The van der Waals surface area contributed by atoms with Gasteiger partial charge in [0, 0.05) is 38.1 Å². The lowest BCUT2D eigenvalue weighted by Crippen LogP contribution is -2.25. The van der Waals surface area contributed by atoms with Crippen molar-refractivity contribution < 1.29 is 4.79 Å². The molecular weight excluding hydrogens is 314 g/mol. The number of nitrogens with one attached hydrogen (secondary N) is 1. The second-order valence-corrected chi connectivity index (χ2v) is 6.97. The Morgan fingerprint density at radius 1 is 1.36 bits per heavy atom. The SMILES string of the molecule is CC(=O)NCc1ccc(C2CCCN2Cc2nccn2C(C)C)nc1. The molecule has 2 aromatic rings. The maximum Gasteiger partial charge on any atom is 0.217 e. The van der Waals surface area contributed by atoms with E-state index in [4.69, 9.17) is 0 Å². The van der Waals surface area contributed by atoms with Crippen LogP contribution in [-0.2, 0) is 17.9 Å². The van der Waals surface area contributed by atoms with Crippen molar-refractivity contribution in [1.29, 1.82) is 0 Å². The lowest BCUT2D eigenvalue weighted by atomic mass is 10.1. The molecule has 2 aromatic heterocycles. The molecule has 1 unspecified atom stereocenters. The molecule has 1 aliphatic rings. The predicted molar refractivity (Wildman–Crippen MR) is 96.8 cm³/mol. The maximum absolute atomic E-state index is 11.0. The number of aromatic nitrogens is 3. The smallest absolute Gasteiger partial charge is 0.217 e. The minimum Gasteiger partial charge on any atom is -0.352 e. The number of imidazole rings is 1. The topological polar surface area (TPSA) is 63.1 Å². The van der Waals surface area contributed by atoms with E-state index < -0.39 is 0 Å². The highest BCUT2D eigenvalue weighted by molar-refractivity contribution is 5.72. The summed E-state index contributed by atoms with van der Waals surface area (Å²) in [5.74, 6) is 1.09. The van der Waals surface area contributed by atoms with Crippen LogP contribution in [0.1, 0.15) is 62.8 Å². The van der Waals surface area contributed by atoms with Crippen molar-refractivity contribution in [2.45, 2.75) is 58.8 Å². The molecule has 0 spiro atoms. The van der Waals surface area contributed by atoms with E-state index in [1.807, 2.05) is 12.4 Å². The minimum absolute atomic E-state index is 0.0216. The summed E-state index contributed by atoms with van der Waals surface area (Å²) >= 11 is 0. The van der Waals surface area contributed by atoms with Crippen LogP contribution >= 0.6 is 0 Å². The van der Waals surface area contributed by atoms with Crippen molar-refractivity contribution in [2.24, 2.45) is 0 Å². The van der Waals surface area contributed by atoms with Crippen LogP contribution < -0.4 is 5.32 Å². The molecule has 0 aromatic carbocycles. The normalized spacial score (nSPS) is 18.0. The van der Waals surface area contributed by atoms with Crippen molar-refractivity contribution in [3.63, 3.8) is 0 Å². The van der Waals surface area contributed by atoms with Crippen LogP contribution in [0.3, 0.4) is 0 Å². The average Bonchev–Trinajstić information content (AvgIpc) is 3.23. The maximum atomic E-state index is 11.0. The first-order chi connectivity index (χ1) is 12.0. The number of hydrogen-bond donors (Lipinski definition) is 1. The molecule has 134 valence electrons. The largest absolute Gasteiger partial charge is 0.352 e. The molecule has 1 aliphatic heterocycles. The summed E-state index contributed by atoms with van der Waals surface area (Å²) < 4.78 is 2.24. The van der Waals surface area contributed by atoms with Gasteiger partial charge < -0.3 is 9.88 Å². The number of carbonyl (C=O) groups excluding carboxylic acids is 1. The highest BCUT2D eigenvalue weighted by Gasteiger charge is 2.28. The molecule has 1 fully saturated rings. The van der Waals surface area contributed by atoms with Gasteiger partial charge in [-0.3, -0.25) is 14.7 Å². The summed E-state index contributed by atoms with van der Waals surface area (Å²) in [5.41, 5.74) is 2.13. The second kappa shape index (κ2) is 7.78. The van der Waals surface area contributed by atoms with Crippen molar-refractivity contribution in [1.82, 2.24) is 24.8 Å². The minimum atomic E-state index is -0.0216. The molecule has 0 radical (unpaired) electrons. The Labute approximate surface area is 149 Å². The first-order valence-corrected chi connectivity index (χ1v) is 8.99. The van der Waals surface area contributed by atoms with Gasteiger partial charge in [0.2, 0.25) is 5.91 Å². The van der Waals surface area contributed by atoms with Gasteiger partial charge in [0.1, 0.15) is 5.82 Å². The molecule has 1 amide bonds. The van der Waals surface area contributed by atoms with Crippen LogP contribution in [-0.4, -0.2) is 31.9 Å². The fourth-order valence-corrected chi connectivity index (χ4v) is 3.43. The summed E-state index contributed by atoms with van der Waals surface area (Å²) in [7, 11) is 0. The summed E-state index contributed by atoms with van der Waals surface area (Å²) in [4.78, 5) is 22.7. The Morgan fingerprint density at radius 3 is 2.88 bits per heavy atom. The lowest BCUT2D eigenvalue weighted by Gasteiger charge is -2.24. The van der Waals surface area contributed by atoms with Crippen LogP contribution in [0.15, 0.2) is 30.7 Å². The van der Waals surface area contributed by atoms with Crippen LogP contribution in [0.5, 0.6) is 0 Å². The van der Waals surface area contributed by atoms with Crippen molar-refractivity contribution >= 4 is 5.91 Å². The molecule has 0 aliphatic carbocycles. The van der Waals surface area contributed by atoms with Gasteiger partial charge >= 0.3 is 0 Å². The van der Waals surface area contributed by atoms with Gasteiger partial charge in [0.05, 0.1) is 18.3 Å². The fourth-order valence-electron chi connectivity index (χ4n) is 3.43. The molecule has 3 rings (SSSR count). The monoisotopic (exact) mass is 341 g/mol. The van der Waals surface area contributed by atoms with Gasteiger partial charge in [0.25, 0.3) is 0 Å². The molecule has 1 atom stereocenters. The van der Waals surface area contributed by atoms with E-state index in [2.05, 4.69) is 56.9 Å². The molecule has 6 heteroatoms. The highest BCUT2D eigenvalue weighted by atomic mass is 16.1. The van der Waals surface area contributed by atoms with Crippen molar-refractivity contribution in [2.75, 3.05) is 6.54 Å². The summed E-state index contributed by atoms with van der Waals surface area (Å²) in [6.07, 6.45) is 8.12. The summed E-state index contributed by atoms with van der Waals surface area (Å²) in [6, 6.07) is 4.91. The van der Waals surface area contributed by atoms with Crippen molar-refractivity contribution in [3.05, 3.63) is 47.8 Å². The first-order valence-electron chi connectivity index (χ1n) is 8.99. The van der Waals surface area contributed by atoms with Gasteiger partial charge in [-0.15, -0.1) is 0 Å². The zero-order valence-corrected chi connectivity index (χ0v) is 15.3. The Bertz CT molecular complexity index is 707. The van der Waals surface area contributed by atoms with Crippen molar-refractivity contribution in [3.8, 4) is 0 Å². The molecule has 0 bridgehead atoms. The van der Waals surface area contributed by atoms with E-state index in [0.29, 0.717) is 18.6 Å². The number of hydrogen-bond acceptors (Lipinski definition) is 4. The van der Waals surface area contributed by atoms with Crippen LogP contribution in [0.2, 0.25) is 0 Å². The van der Waals surface area contributed by atoms with Gasteiger partial charge in [-0.25, -0.2) is 4.98 Å². The molecular formula is C19H27N5O. The number of rotatable bonds is 6. The Balaban J connectivity index is 1.69. The van der Waals surface area contributed by atoms with Gasteiger partial charge in [-0.05, 0) is 44.9 Å². The number of carbonyl (C=O) groups is 1. The third-order valence-corrected chi connectivity index (χ3v) is 4.74. The molecule has 25 heavy (non-hydrogen) atoms. The summed E-state index contributed by atoms with van der Waals surface area (Å²) in [6.45, 7) is 8.35. The molecule has 3 heterocycles. The third kappa shape index (κ3) is 4.25. The van der Waals surface area contributed by atoms with Crippen LogP contribution in [0.4, 0.5) is 0 Å². The van der Waals surface area contributed by atoms with E-state index >= 15 is 0 Å². The zero-order chi connectivity index (χ0) is 17.8. The van der Waals surface area contributed by atoms with E-state index in [0.717, 1.165) is 36.6 Å². The van der Waals surface area contributed by atoms with Gasteiger partial charge in [-0.2, -0.15) is 0 Å². The van der Waals surface area contributed by atoms with Crippen LogP contribution in [0, 0.1) is 0 Å². The Hall–Kier alpha value is -2.21. The number of nitrogens with zero attached hydrogens (tertiary/aromatic N) is 4. The molecule has 1 N–H and O–H groups in total. The Kier molecular flexibility index (Phi) is 5.48. The van der Waals surface area contributed by atoms with E-state index in [1.165, 1.54) is 13.3 Å². The molecule has 1 saturated heterocycles. The first kappa shape index (κ1) is 17.6. The lowest BCUT2D eigenvalue weighted by molar-refractivity contribution is -0.119. The average molecular weight is 341 g/mol.